The van der Waals surface area contributed by atoms with E-state index in [0.717, 1.165) is 28.1 Å². The van der Waals surface area contributed by atoms with Gasteiger partial charge in [-0.3, -0.25) is 14.4 Å². The summed E-state index contributed by atoms with van der Waals surface area (Å²) in [5, 5.41) is 2.94. The quantitative estimate of drug-likeness (QED) is 0.634. The number of anilines is 2. The van der Waals surface area contributed by atoms with Crippen LogP contribution in [0.2, 0.25) is 0 Å². The molecule has 3 rings (SSSR count). The zero-order valence-electron chi connectivity index (χ0n) is 19.5. The number of hydrogen-bond donors (Lipinski definition) is 1. The molecule has 0 aromatic heterocycles. The topological polar surface area (TPSA) is 75.7 Å². The van der Waals surface area contributed by atoms with Gasteiger partial charge in [-0.1, -0.05) is 63.6 Å². The first kappa shape index (κ1) is 23.5. The van der Waals surface area contributed by atoms with Gasteiger partial charge in [0.2, 0.25) is 5.91 Å². The SMILES string of the molecule is Cc1ccc(N2CC(C(=O)OCC(=O)Nc3c(C(C)C)cccc3C(C)C)CC2=O)cc1. The van der Waals surface area contributed by atoms with Gasteiger partial charge in [-0.25, -0.2) is 0 Å². The van der Waals surface area contributed by atoms with Crippen LogP contribution < -0.4 is 10.2 Å². The van der Waals surface area contributed by atoms with Crippen LogP contribution in [0.4, 0.5) is 11.4 Å². The highest BCUT2D eigenvalue weighted by Crippen LogP contribution is 2.32. The van der Waals surface area contributed by atoms with Crippen molar-refractivity contribution in [1.29, 1.82) is 0 Å². The van der Waals surface area contributed by atoms with Crippen LogP contribution in [0.5, 0.6) is 0 Å². The average Bonchev–Trinajstić information content (AvgIpc) is 3.14. The highest BCUT2D eigenvalue weighted by molar-refractivity contribution is 6.00. The second-order valence-corrected chi connectivity index (χ2v) is 9.02. The molecule has 2 aromatic rings. The molecule has 6 heteroatoms. The fraction of sp³-hybridized carbons (Fsp3) is 0.423. The van der Waals surface area contributed by atoms with Gasteiger partial charge in [0.05, 0.1) is 5.92 Å². The fourth-order valence-corrected chi connectivity index (χ4v) is 3.97. The monoisotopic (exact) mass is 436 g/mol. The molecule has 32 heavy (non-hydrogen) atoms. The number of carbonyl (C=O) groups is 3. The number of nitrogens with zero attached hydrogens (tertiary/aromatic N) is 1. The number of para-hydroxylation sites is 1. The minimum absolute atomic E-state index is 0.0853. The van der Waals surface area contributed by atoms with Gasteiger partial charge in [0, 0.05) is 24.3 Å². The summed E-state index contributed by atoms with van der Waals surface area (Å²) in [7, 11) is 0. The van der Waals surface area contributed by atoms with E-state index in [0.29, 0.717) is 0 Å². The standard InChI is InChI=1S/C26H32N2O4/c1-16(2)21-7-6-8-22(17(3)4)25(21)27-23(29)15-32-26(31)19-13-24(30)28(14-19)20-11-9-18(5)10-12-20/h6-12,16-17,19H,13-15H2,1-5H3,(H,27,29). The summed E-state index contributed by atoms with van der Waals surface area (Å²) < 4.78 is 5.28. The Balaban J connectivity index is 1.61. The van der Waals surface area contributed by atoms with E-state index in [9.17, 15) is 14.4 Å². The van der Waals surface area contributed by atoms with Crippen molar-refractivity contribution in [2.45, 2.75) is 52.9 Å². The third kappa shape index (κ3) is 5.36. The van der Waals surface area contributed by atoms with E-state index in [1.54, 1.807) is 4.90 Å². The number of esters is 1. The first-order valence-electron chi connectivity index (χ1n) is 11.1. The second kappa shape index (κ2) is 9.98. The number of benzene rings is 2. The summed E-state index contributed by atoms with van der Waals surface area (Å²) in [5.41, 5.74) is 4.75. The van der Waals surface area contributed by atoms with E-state index >= 15 is 0 Å². The Labute approximate surface area is 189 Å². The number of nitrogens with one attached hydrogen (secondary N) is 1. The molecular formula is C26H32N2O4. The van der Waals surface area contributed by atoms with Gasteiger partial charge in [-0.2, -0.15) is 0 Å². The Morgan fingerprint density at radius 1 is 1.03 bits per heavy atom. The zero-order valence-corrected chi connectivity index (χ0v) is 19.5. The van der Waals surface area contributed by atoms with E-state index < -0.39 is 11.9 Å². The maximum Gasteiger partial charge on any atom is 0.311 e. The van der Waals surface area contributed by atoms with Gasteiger partial charge in [0.15, 0.2) is 6.61 Å². The molecule has 1 aliphatic rings. The Bertz CT molecular complexity index is 969. The van der Waals surface area contributed by atoms with Gasteiger partial charge in [0.1, 0.15) is 0 Å². The molecular weight excluding hydrogens is 404 g/mol. The van der Waals surface area contributed by atoms with Crippen LogP contribution in [-0.2, 0) is 19.1 Å². The molecule has 0 saturated carbocycles. The van der Waals surface area contributed by atoms with E-state index in [2.05, 4.69) is 33.0 Å². The lowest BCUT2D eigenvalue weighted by atomic mass is 9.92. The van der Waals surface area contributed by atoms with Crippen LogP contribution in [0.3, 0.4) is 0 Å². The van der Waals surface area contributed by atoms with Gasteiger partial charge in [-0.05, 0) is 42.0 Å². The molecule has 1 unspecified atom stereocenters. The number of carbonyl (C=O) groups excluding carboxylic acids is 3. The lowest BCUT2D eigenvalue weighted by Crippen LogP contribution is -2.28. The van der Waals surface area contributed by atoms with Crippen molar-refractivity contribution in [3.63, 3.8) is 0 Å². The molecule has 1 fully saturated rings. The first-order chi connectivity index (χ1) is 15.2. The van der Waals surface area contributed by atoms with Crippen molar-refractivity contribution in [3.8, 4) is 0 Å². The Morgan fingerprint density at radius 3 is 2.19 bits per heavy atom. The molecule has 1 saturated heterocycles. The van der Waals surface area contributed by atoms with Gasteiger partial charge < -0.3 is 15.0 Å². The predicted molar refractivity (Wildman–Crippen MR) is 126 cm³/mol. The Hall–Kier alpha value is -3.15. The van der Waals surface area contributed by atoms with E-state index in [1.165, 1.54) is 0 Å². The van der Waals surface area contributed by atoms with E-state index in [-0.39, 0.29) is 43.2 Å². The summed E-state index contributed by atoms with van der Waals surface area (Å²) >= 11 is 0. The van der Waals surface area contributed by atoms with Crippen molar-refractivity contribution in [2.75, 3.05) is 23.4 Å². The second-order valence-electron chi connectivity index (χ2n) is 9.02. The molecule has 2 aromatic carbocycles. The molecule has 170 valence electrons. The zero-order chi connectivity index (χ0) is 23.4. The first-order valence-corrected chi connectivity index (χ1v) is 11.1. The molecule has 1 N–H and O–H groups in total. The molecule has 6 nitrogen and oxygen atoms in total. The van der Waals surface area contributed by atoms with E-state index in [4.69, 9.17) is 4.74 Å². The maximum atomic E-state index is 12.6. The molecule has 1 heterocycles. The van der Waals surface area contributed by atoms with E-state index in [1.807, 2.05) is 49.4 Å². The highest BCUT2D eigenvalue weighted by Gasteiger charge is 2.36. The molecule has 0 radical (unpaired) electrons. The lowest BCUT2D eigenvalue weighted by Gasteiger charge is -2.20. The normalized spacial score (nSPS) is 16.0. The molecule has 0 aliphatic carbocycles. The highest BCUT2D eigenvalue weighted by atomic mass is 16.5. The third-order valence-corrected chi connectivity index (χ3v) is 5.79. The predicted octanol–water partition coefficient (Wildman–Crippen LogP) is 4.78. The van der Waals surface area contributed by atoms with Crippen molar-refractivity contribution >= 4 is 29.2 Å². The molecule has 2 amide bonds. The smallest absolute Gasteiger partial charge is 0.311 e. The largest absolute Gasteiger partial charge is 0.455 e. The number of amides is 2. The van der Waals surface area contributed by atoms with Crippen LogP contribution in [-0.4, -0.2) is 30.9 Å². The van der Waals surface area contributed by atoms with Crippen molar-refractivity contribution in [2.24, 2.45) is 5.92 Å². The molecule has 0 spiro atoms. The minimum Gasteiger partial charge on any atom is -0.455 e. The fourth-order valence-electron chi connectivity index (χ4n) is 3.97. The number of rotatable bonds is 7. The van der Waals surface area contributed by atoms with Crippen LogP contribution in [0.15, 0.2) is 42.5 Å². The van der Waals surface area contributed by atoms with Crippen LogP contribution >= 0.6 is 0 Å². The summed E-state index contributed by atoms with van der Waals surface area (Å²) in [4.78, 5) is 39.1. The minimum atomic E-state index is -0.578. The average molecular weight is 437 g/mol. The Morgan fingerprint density at radius 2 is 1.62 bits per heavy atom. The molecule has 0 bridgehead atoms. The van der Waals surface area contributed by atoms with Crippen LogP contribution in [0.25, 0.3) is 0 Å². The number of hydrogen-bond acceptors (Lipinski definition) is 4. The third-order valence-electron chi connectivity index (χ3n) is 5.79. The number of aryl methyl sites for hydroxylation is 1. The van der Waals surface area contributed by atoms with Gasteiger partial charge in [-0.15, -0.1) is 0 Å². The molecule has 1 aliphatic heterocycles. The Kier molecular flexibility index (Phi) is 7.33. The summed E-state index contributed by atoms with van der Waals surface area (Å²) in [6.07, 6.45) is 0.0853. The van der Waals surface area contributed by atoms with Crippen LogP contribution in [0.1, 0.15) is 62.6 Å². The lowest BCUT2D eigenvalue weighted by molar-refractivity contribution is -0.151. The molecule has 1 atom stereocenters. The summed E-state index contributed by atoms with van der Waals surface area (Å²) in [6, 6.07) is 13.6. The van der Waals surface area contributed by atoms with Crippen molar-refractivity contribution in [1.82, 2.24) is 0 Å². The maximum absolute atomic E-state index is 12.6. The summed E-state index contributed by atoms with van der Waals surface area (Å²) in [6.45, 7) is 10.2. The van der Waals surface area contributed by atoms with Gasteiger partial charge in [0.25, 0.3) is 5.91 Å². The van der Waals surface area contributed by atoms with Crippen LogP contribution in [0, 0.1) is 12.8 Å². The van der Waals surface area contributed by atoms with Crippen molar-refractivity contribution < 1.29 is 19.1 Å². The van der Waals surface area contributed by atoms with Gasteiger partial charge >= 0.3 is 5.97 Å². The van der Waals surface area contributed by atoms with Crippen molar-refractivity contribution in [3.05, 3.63) is 59.2 Å². The summed E-state index contributed by atoms with van der Waals surface area (Å²) in [5.74, 6) is -1.12. The number of ether oxygens (including phenoxy) is 1.